The molecule has 0 unspecified atom stereocenters. The molecule has 0 atom stereocenters. The highest BCUT2D eigenvalue weighted by Crippen LogP contribution is 2.07. The Kier molecular flexibility index (Phi) is 6.80. The molecule has 0 saturated carbocycles. The monoisotopic (exact) mass is 303 g/mol. The normalized spacial score (nSPS) is 16.0. The Bertz CT molecular complexity index is 368. The standard InChI is InChI=1S/C12H21N3O4S/c1-13(2)10(16)7-14-3-5-15(6-4-14)11(17)8-20-9-12(18)19/h3-9H2,1-2H3,(H,18,19). The SMILES string of the molecule is CN(C)C(=O)CN1CCN(C(=O)CSCC(=O)O)CC1. The van der Waals surface area contributed by atoms with Crippen LogP contribution in [0, 0.1) is 0 Å². The molecule has 0 aromatic heterocycles. The van der Waals surface area contributed by atoms with Crippen molar-refractivity contribution < 1.29 is 19.5 Å². The van der Waals surface area contributed by atoms with Crippen molar-refractivity contribution in [3.05, 3.63) is 0 Å². The largest absolute Gasteiger partial charge is 0.481 e. The number of likely N-dealkylation sites (N-methyl/N-ethyl adjacent to an activating group) is 1. The van der Waals surface area contributed by atoms with Gasteiger partial charge in [0.2, 0.25) is 11.8 Å². The molecule has 0 aromatic rings. The van der Waals surface area contributed by atoms with E-state index < -0.39 is 5.97 Å². The van der Waals surface area contributed by atoms with Crippen molar-refractivity contribution in [1.29, 1.82) is 0 Å². The lowest BCUT2D eigenvalue weighted by molar-refractivity contribution is -0.134. The first-order valence-corrected chi connectivity index (χ1v) is 7.55. The summed E-state index contributed by atoms with van der Waals surface area (Å²) < 4.78 is 0. The van der Waals surface area contributed by atoms with Gasteiger partial charge in [-0.25, -0.2) is 0 Å². The van der Waals surface area contributed by atoms with Crippen molar-refractivity contribution in [2.75, 3.05) is 58.3 Å². The van der Waals surface area contributed by atoms with Gasteiger partial charge < -0.3 is 14.9 Å². The minimum Gasteiger partial charge on any atom is -0.481 e. The summed E-state index contributed by atoms with van der Waals surface area (Å²) in [5.41, 5.74) is 0. The molecule has 114 valence electrons. The Morgan fingerprint density at radius 3 is 2.20 bits per heavy atom. The number of rotatable bonds is 6. The van der Waals surface area contributed by atoms with Gasteiger partial charge in [-0.15, -0.1) is 11.8 Å². The lowest BCUT2D eigenvalue weighted by Gasteiger charge is -2.34. The molecule has 1 aliphatic rings. The number of carboxylic acid groups (broad SMARTS) is 1. The maximum atomic E-state index is 11.8. The van der Waals surface area contributed by atoms with Gasteiger partial charge in [0.15, 0.2) is 0 Å². The van der Waals surface area contributed by atoms with Crippen molar-refractivity contribution >= 4 is 29.5 Å². The molecule has 7 nitrogen and oxygen atoms in total. The highest BCUT2D eigenvalue weighted by atomic mass is 32.2. The van der Waals surface area contributed by atoms with Crippen LogP contribution in [-0.2, 0) is 14.4 Å². The summed E-state index contributed by atoms with van der Waals surface area (Å²) in [6.07, 6.45) is 0. The van der Waals surface area contributed by atoms with E-state index in [1.807, 2.05) is 4.90 Å². The number of hydrogen-bond acceptors (Lipinski definition) is 5. The number of amides is 2. The zero-order chi connectivity index (χ0) is 15.1. The van der Waals surface area contributed by atoms with Crippen LogP contribution in [0.25, 0.3) is 0 Å². The first-order valence-electron chi connectivity index (χ1n) is 6.40. The van der Waals surface area contributed by atoms with E-state index in [4.69, 9.17) is 5.11 Å². The number of thioether (sulfide) groups is 1. The van der Waals surface area contributed by atoms with Crippen molar-refractivity contribution in [3.8, 4) is 0 Å². The topological polar surface area (TPSA) is 81.2 Å². The van der Waals surface area contributed by atoms with Gasteiger partial charge in [-0.1, -0.05) is 0 Å². The van der Waals surface area contributed by atoms with Gasteiger partial charge in [0, 0.05) is 40.3 Å². The van der Waals surface area contributed by atoms with Crippen LogP contribution >= 0.6 is 11.8 Å². The molecule has 20 heavy (non-hydrogen) atoms. The van der Waals surface area contributed by atoms with E-state index in [-0.39, 0.29) is 23.3 Å². The van der Waals surface area contributed by atoms with E-state index in [0.717, 1.165) is 11.8 Å². The summed E-state index contributed by atoms with van der Waals surface area (Å²) in [6, 6.07) is 0. The molecule has 1 rings (SSSR count). The third-order valence-corrected chi connectivity index (χ3v) is 3.94. The van der Waals surface area contributed by atoms with E-state index in [1.165, 1.54) is 0 Å². The zero-order valence-electron chi connectivity index (χ0n) is 11.9. The fourth-order valence-electron chi connectivity index (χ4n) is 1.81. The van der Waals surface area contributed by atoms with Crippen molar-refractivity contribution in [3.63, 3.8) is 0 Å². The summed E-state index contributed by atoms with van der Waals surface area (Å²) in [6.45, 7) is 2.91. The second-order valence-electron chi connectivity index (χ2n) is 4.83. The number of nitrogens with zero attached hydrogens (tertiary/aromatic N) is 3. The third kappa shape index (κ3) is 5.79. The van der Waals surface area contributed by atoms with Gasteiger partial charge in [0.25, 0.3) is 0 Å². The highest BCUT2D eigenvalue weighted by Gasteiger charge is 2.22. The first-order chi connectivity index (χ1) is 9.40. The minimum atomic E-state index is -0.908. The van der Waals surface area contributed by atoms with Crippen LogP contribution in [-0.4, -0.2) is 95.9 Å². The maximum Gasteiger partial charge on any atom is 0.313 e. The second kappa shape index (κ2) is 8.11. The van der Waals surface area contributed by atoms with Crippen LogP contribution in [0.5, 0.6) is 0 Å². The number of carbonyl (C=O) groups is 3. The Morgan fingerprint density at radius 2 is 1.70 bits per heavy atom. The summed E-state index contributed by atoms with van der Waals surface area (Å²) in [7, 11) is 3.45. The second-order valence-corrected chi connectivity index (χ2v) is 5.82. The van der Waals surface area contributed by atoms with Gasteiger partial charge in [-0.3, -0.25) is 19.3 Å². The van der Waals surface area contributed by atoms with E-state index >= 15 is 0 Å². The average Bonchev–Trinajstić information content (AvgIpc) is 2.38. The number of carbonyl (C=O) groups excluding carboxylic acids is 2. The molecule has 0 aliphatic carbocycles. The molecule has 1 saturated heterocycles. The van der Waals surface area contributed by atoms with E-state index in [2.05, 4.69) is 0 Å². The summed E-state index contributed by atoms with van der Waals surface area (Å²) in [5, 5.41) is 8.51. The number of piperazine rings is 1. The van der Waals surface area contributed by atoms with E-state index in [9.17, 15) is 14.4 Å². The van der Waals surface area contributed by atoms with Gasteiger partial charge in [-0.2, -0.15) is 0 Å². The zero-order valence-corrected chi connectivity index (χ0v) is 12.7. The number of hydrogen-bond donors (Lipinski definition) is 1. The van der Waals surface area contributed by atoms with Gasteiger partial charge in [0.1, 0.15) is 0 Å². The molecule has 1 heterocycles. The molecule has 8 heteroatoms. The predicted molar refractivity (Wildman–Crippen MR) is 76.7 cm³/mol. The van der Waals surface area contributed by atoms with Crippen LogP contribution < -0.4 is 0 Å². The smallest absolute Gasteiger partial charge is 0.313 e. The van der Waals surface area contributed by atoms with Crippen LogP contribution in [0.3, 0.4) is 0 Å². The molecule has 0 spiro atoms. The molecule has 0 radical (unpaired) electrons. The van der Waals surface area contributed by atoms with Gasteiger partial charge >= 0.3 is 5.97 Å². The molecule has 0 bridgehead atoms. The lowest BCUT2D eigenvalue weighted by atomic mass is 10.3. The highest BCUT2D eigenvalue weighted by molar-refractivity contribution is 8.00. The van der Waals surface area contributed by atoms with Crippen LogP contribution in [0.15, 0.2) is 0 Å². The van der Waals surface area contributed by atoms with Gasteiger partial charge in [-0.05, 0) is 0 Å². The summed E-state index contributed by atoms with van der Waals surface area (Å²) >= 11 is 1.11. The predicted octanol–water partition coefficient (Wildman–Crippen LogP) is -0.963. The minimum absolute atomic E-state index is 0.0326. The first kappa shape index (κ1) is 16.8. The molecular weight excluding hydrogens is 282 g/mol. The number of carboxylic acids is 1. The number of aliphatic carboxylic acids is 1. The lowest BCUT2D eigenvalue weighted by Crippen LogP contribution is -2.51. The van der Waals surface area contributed by atoms with Gasteiger partial charge in [0.05, 0.1) is 18.1 Å². The molecule has 1 aliphatic heterocycles. The fraction of sp³-hybridized carbons (Fsp3) is 0.750. The van der Waals surface area contributed by atoms with E-state index in [0.29, 0.717) is 32.7 Å². The van der Waals surface area contributed by atoms with Crippen LogP contribution in [0.2, 0.25) is 0 Å². The van der Waals surface area contributed by atoms with Crippen LogP contribution in [0.4, 0.5) is 0 Å². The Labute approximate surface area is 122 Å². The van der Waals surface area contributed by atoms with Crippen molar-refractivity contribution in [2.45, 2.75) is 0 Å². The van der Waals surface area contributed by atoms with Crippen molar-refractivity contribution in [2.24, 2.45) is 0 Å². The molecule has 1 fully saturated rings. The third-order valence-electron chi connectivity index (χ3n) is 3.03. The van der Waals surface area contributed by atoms with Crippen LogP contribution in [0.1, 0.15) is 0 Å². The molecule has 2 amide bonds. The average molecular weight is 303 g/mol. The summed E-state index contributed by atoms with van der Waals surface area (Å²) in [4.78, 5) is 39.1. The molecular formula is C12H21N3O4S. The summed E-state index contributed by atoms with van der Waals surface area (Å²) in [5.74, 6) is -0.738. The van der Waals surface area contributed by atoms with Crippen molar-refractivity contribution in [1.82, 2.24) is 14.7 Å². The van der Waals surface area contributed by atoms with E-state index in [1.54, 1.807) is 23.9 Å². The maximum absolute atomic E-state index is 11.8. The molecule has 1 N–H and O–H groups in total. The quantitative estimate of drug-likeness (QED) is 0.680. The Morgan fingerprint density at radius 1 is 1.10 bits per heavy atom. The fourth-order valence-corrected chi connectivity index (χ4v) is 2.44. The Balaban J connectivity index is 2.26. The molecule has 0 aromatic carbocycles. The Hall–Kier alpha value is -1.28.